The molecule has 1 fully saturated rings. The molecule has 0 aromatic carbocycles. The number of amides is 1. The number of carbonyl (C=O) groups excluding carboxylic acids is 1. The molecular formula is C12H19N3OS. The van der Waals surface area contributed by atoms with Crippen molar-refractivity contribution in [3.63, 3.8) is 0 Å². The summed E-state index contributed by atoms with van der Waals surface area (Å²) in [6.07, 6.45) is 3.92. The van der Waals surface area contributed by atoms with E-state index >= 15 is 0 Å². The number of aromatic nitrogens is 1. The Morgan fingerprint density at radius 1 is 1.53 bits per heavy atom. The molecule has 1 aromatic heterocycles. The molecule has 0 aliphatic heterocycles. The van der Waals surface area contributed by atoms with E-state index in [9.17, 15) is 4.79 Å². The van der Waals surface area contributed by atoms with Gasteiger partial charge in [0.05, 0.1) is 10.7 Å². The van der Waals surface area contributed by atoms with Crippen LogP contribution in [-0.2, 0) is 11.3 Å². The fourth-order valence-corrected chi connectivity index (χ4v) is 2.93. The second-order valence-corrected chi connectivity index (χ2v) is 5.75. The number of hydrogen-bond acceptors (Lipinski definition) is 4. The van der Waals surface area contributed by atoms with E-state index in [1.165, 1.54) is 0 Å². The van der Waals surface area contributed by atoms with Crippen molar-refractivity contribution >= 4 is 17.2 Å². The molecule has 0 saturated heterocycles. The number of nitrogens with two attached hydrogens (primary N) is 1. The smallest absolute Gasteiger partial charge is 0.220 e. The summed E-state index contributed by atoms with van der Waals surface area (Å²) in [5.74, 6) is -0.0480. The topological polar surface area (TPSA) is 68.0 Å². The quantitative estimate of drug-likeness (QED) is 0.856. The Labute approximate surface area is 106 Å². The van der Waals surface area contributed by atoms with Gasteiger partial charge in [-0.3, -0.25) is 4.79 Å². The van der Waals surface area contributed by atoms with Gasteiger partial charge in [0, 0.05) is 23.9 Å². The largest absolute Gasteiger partial charge is 0.369 e. The Balaban J connectivity index is 1.73. The van der Waals surface area contributed by atoms with Gasteiger partial charge in [0.1, 0.15) is 0 Å². The summed E-state index contributed by atoms with van der Waals surface area (Å²) in [5.41, 5.74) is 6.43. The zero-order valence-corrected chi connectivity index (χ0v) is 10.9. The van der Waals surface area contributed by atoms with Gasteiger partial charge in [-0.25, -0.2) is 4.98 Å². The monoisotopic (exact) mass is 253 g/mol. The molecule has 5 heteroatoms. The van der Waals surface area contributed by atoms with E-state index in [0.717, 1.165) is 42.9 Å². The van der Waals surface area contributed by atoms with Crippen LogP contribution in [0.25, 0.3) is 0 Å². The summed E-state index contributed by atoms with van der Waals surface area (Å²) in [5, 5.41) is 6.71. The highest BCUT2D eigenvalue weighted by atomic mass is 32.1. The Bertz CT molecular complexity index is 383. The molecular weight excluding hydrogens is 234 g/mol. The summed E-state index contributed by atoms with van der Waals surface area (Å²) >= 11 is 1.68. The minimum absolute atomic E-state index is 0.0922. The number of hydrogen-bond donors (Lipinski definition) is 2. The van der Waals surface area contributed by atoms with E-state index < -0.39 is 0 Å². The lowest BCUT2D eigenvalue weighted by Crippen LogP contribution is -2.36. The van der Waals surface area contributed by atoms with Gasteiger partial charge in [-0.2, -0.15) is 0 Å². The Morgan fingerprint density at radius 3 is 2.76 bits per heavy atom. The van der Waals surface area contributed by atoms with E-state index in [4.69, 9.17) is 5.73 Å². The zero-order valence-electron chi connectivity index (χ0n) is 10.1. The van der Waals surface area contributed by atoms with E-state index in [-0.39, 0.29) is 11.8 Å². The van der Waals surface area contributed by atoms with Crippen LogP contribution in [0, 0.1) is 12.8 Å². The van der Waals surface area contributed by atoms with Gasteiger partial charge in [-0.1, -0.05) is 0 Å². The minimum Gasteiger partial charge on any atom is -0.369 e. The maximum absolute atomic E-state index is 11.0. The number of primary amides is 1. The molecule has 1 amide bonds. The van der Waals surface area contributed by atoms with Gasteiger partial charge in [0.15, 0.2) is 0 Å². The Morgan fingerprint density at radius 2 is 2.24 bits per heavy atom. The molecule has 2 rings (SSSR count). The van der Waals surface area contributed by atoms with Crippen LogP contribution < -0.4 is 11.1 Å². The lowest BCUT2D eigenvalue weighted by Gasteiger charge is -2.27. The van der Waals surface area contributed by atoms with E-state index in [2.05, 4.69) is 15.7 Å². The molecule has 1 aromatic rings. The third kappa shape index (κ3) is 3.51. The molecule has 94 valence electrons. The van der Waals surface area contributed by atoms with Crippen LogP contribution in [0.3, 0.4) is 0 Å². The first-order valence-electron chi connectivity index (χ1n) is 6.09. The third-order valence-electron chi connectivity index (χ3n) is 3.37. The van der Waals surface area contributed by atoms with Crippen molar-refractivity contribution in [2.24, 2.45) is 11.7 Å². The highest BCUT2D eigenvalue weighted by molar-refractivity contribution is 7.09. The number of carbonyl (C=O) groups is 1. The van der Waals surface area contributed by atoms with Crippen LogP contribution >= 0.6 is 11.3 Å². The van der Waals surface area contributed by atoms with Crippen molar-refractivity contribution in [1.82, 2.24) is 10.3 Å². The minimum atomic E-state index is -0.140. The van der Waals surface area contributed by atoms with Gasteiger partial charge in [0.2, 0.25) is 5.91 Å². The summed E-state index contributed by atoms with van der Waals surface area (Å²) in [6.45, 7) is 2.85. The van der Waals surface area contributed by atoms with Crippen LogP contribution in [0.2, 0.25) is 0 Å². The predicted molar refractivity (Wildman–Crippen MR) is 68.6 cm³/mol. The number of aryl methyl sites for hydroxylation is 1. The fraction of sp³-hybridized carbons (Fsp3) is 0.667. The van der Waals surface area contributed by atoms with Gasteiger partial charge >= 0.3 is 0 Å². The molecule has 0 radical (unpaired) electrons. The number of nitrogens with zero attached hydrogens (tertiary/aromatic N) is 1. The van der Waals surface area contributed by atoms with E-state index in [0.29, 0.717) is 6.04 Å². The van der Waals surface area contributed by atoms with Crippen molar-refractivity contribution in [2.75, 3.05) is 0 Å². The maximum Gasteiger partial charge on any atom is 0.220 e. The van der Waals surface area contributed by atoms with Gasteiger partial charge in [0.25, 0.3) is 0 Å². The van der Waals surface area contributed by atoms with Gasteiger partial charge < -0.3 is 11.1 Å². The molecule has 0 unspecified atom stereocenters. The first kappa shape index (κ1) is 12.5. The van der Waals surface area contributed by atoms with Crippen molar-refractivity contribution in [3.05, 3.63) is 16.1 Å². The summed E-state index contributed by atoms with van der Waals surface area (Å²) in [7, 11) is 0. The van der Waals surface area contributed by atoms with Gasteiger partial charge in [-0.05, 0) is 32.6 Å². The van der Waals surface area contributed by atoms with Crippen molar-refractivity contribution < 1.29 is 4.79 Å². The van der Waals surface area contributed by atoms with E-state index in [1.54, 1.807) is 11.3 Å². The molecule has 1 aliphatic carbocycles. The number of rotatable bonds is 4. The second kappa shape index (κ2) is 5.60. The molecule has 1 aliphatic rings. The molecule has 1 saturated carbocycles. The molecule has 0 atom stereocenters. The first-order valence-corrected chi connectivity index (χ1v) is 6.97. The van der Waals surface area contributed by atoms with Crippen LogP contribution in [-0.4, -0.2) is 16.9 Å². The van der Waals surface area contributed by atoms with Crippen LogP contribution in [0.5, 0.6) is 0 Å². The number of thiazole rings is 1. The van der Waals surface area contributed by atoms with Crippen molar-refractivity contribution in [1.29, 1.82) is 0 Å². The Hall–Kier alpha value is -0.940. The summed E-state index contributed by atoms with van der Waals surface area (Å²) in [4.78, 5) is 15.5. The standard InChI is InChI=1S/C12H19N3OS/c1-8-15-11(7-17-8)6-14-10-4-2-9(3-5-10)12(13)16/h7,9-10,14H,2-6H2,1H3,(H2,13,16). The second-order valence-electron chi connectivity index (χ2n) is 4.69. The lowest BCUT2D eigenvalue weighted by molar-refractivity contribution is -0.122. The maximum atomic E-state index is 11.0. The third-order valence-corrected chi connectivity index (χ3v) is 4.19. The highest BCUT2D eigenvalue weighted by Gasteiger charge is 2.24. The molecule has 3 N–H and O–H groups in total. The SMILES string of the molecule is Cc1nc(CNC2CCC(C(N)=O)CC2)cs1. The average Bonchev–Trinajstić information content (AvgIpc) is 2.73. The first-order chi connectivity index (χ1) is 8.15. The molecule has 0 bridgehead atoms. The molecule has 17 heavy (non-hydrogen) atoms. The summed E-state index contributed by atoms with van der Waals surface area (Å²) < 4.78 is 0. The van der Waals surface area contributed by atoms with Crippen molar-refractivity contribution in [3.8, 4) is 0 Å². The molecule has 4 nitrogen and oxygen atoms in total. The highest BCUT2D eigenvalue weighted by Crippen LogP contribution is 2.24. The molecule has 0 spiro atoms. The zero-order chi connectivity index (χ0) is 12.3. The molecule has 1 heterocycles. The van der Waals surface area contributed by atoms with Crippen molar-refractivity contribution in [2.45, 2.75) is 45.2 Å². The van der Waals surface area contributed by atoms with Crippen LogP contribution in [0.15, 0.2) is 5.38 Å². The number of nitrogens with one attached hydrogen (secondary N) is 1. The lowest BCUT2D eigenvalue weighted by atomic mass is 9.85. The van der Waals surface area contributed by atoms with Crippen LogP contribution in [0.1, 0.15) is 36.4 Å². The average molecular weight is 253 g/mol. The van der Waals surface area contributed by atoms with E-state index in [1.807, 2.05) is 6.92 Å². The van der Waals surface area contributed by atoms with Gasteiger partial charge in [-0.15, -0.1) is 11.3 Å². The predicted octanol–water partition coefficient (Wildman–Crippen LogP) is 1.59. The Kier molecular flexibility index (Phi) is 4.12. The normalized spacial score (nSPS) is 24.8. The summed E-state index contributed by atoms with van der Waals surface area (Å²) in [6, 6.07) is 0.507. The van der Waals surface area contributed by atoms with Crippen LogP contribution in [0.4, 0.5) is 0 Å². The fourth-order valence-electron chi connectivity index (χ4n) is 2.32.